The highest BCUT2D eigenvalue weighted by atomic mass is 35.5. The van der Waals surface area contributed by atoms with E-state index in [1.165, 1.54) is 20.3 Å². The van der Waals surface area contributed by atoms with Gasteiger partial charge in [-0.05, 0) is 12.1 Å². The maximum atomic E-state index is 13.3. The Labute approximate surface area is 91.7 Å². The number of hydrogen-bond acceptors (Lipinski definition) is 3. The van der Waals surface area contributed by atoms with E-state index in [0.717, 1.165) is 6.07 Å². The molecule has 0 spiro atoms. The molecule has 5 heteroatoms. The largest absolute Gasteiger partial charge is 0.495 e. The van der Waals surface area contributed by atoms with E-state index in [-0.39, 0.29) is 17.0 Å². The number of ether oxygens (including phenoxy) is 2. The highest BCUT2D eigenvalue weighted by Gasteiger charge is 2.12. The second kappa shape index (κ2) is 4.98. The predicted molar refractivity (Wildman–Crippen MR) is 53.7 cm³/mol. The summed E-state index contributed by atoms with van der Waals surface area (Å²) in [5.74, 6) is -0.735. The number of hydrogen-bond donors (Lipinski definition) is 0. The molecule has 1 rings (SSSR count). The Bertz CT molecular complexity index is 379. The van der Waals surface area contributed by atoms with Gasteiger partial charge in [0.25, 0.3) is 0 Å². The van der Waals surface area contributed by atoms with Crippen LogP contribution in [0.15, 0.2) is 12.1 Å². The molecule has 0 saturated carbocycles. The predicted octanol–water partition coefficient (Wildman–Crippen LogP) is 2.20. The molecule has 0 heterocycles. The van der Waals surface area contributed by atoms with Gasteiger partial charge in [0.2, 0.25) is 0 Å². The van der Waals surface area contributed by atoms with Crippen LogP contribution in [0.4, 0.5) is 4.39 Å². The maximum Gasteiger partial charge on any atom is 0.310 e. The van der Waals surface area contributed by atoms with Crippen LogP contribution in [0.2, 0.25) is 5.02 Å². The number of carbonyl (C=O) groups is 1. The van der Waals surface area contributed by atoms with Crippen molar-refractivity contribution >= 4 is 17.6 Å². The Kier molecular flexibility index (Phi) is 3.91. The van der Waals surface area contributed by atoms with E-state index < -0.39 is 11.8 Å². The molecule has 0 fully saturated rings. The number of halogens is 2. The average molecular weight is 233 g/mol. The Morgan fingerprint density at radius 1 is 1.47 bits per heavy atom. The normalized spacial score (nSPS) is 9.87. The standard InChI is InChI=1S/C10H10ClFO3/c1-14-9-3-6(4-10(13)15-2)8(12)5-7(9)11/h3,5H,4H2,1-2H3. The minimum atomic E-state index is -0.550. The van der Waals surface area contributed by atoms with E-state index in [4.69, 9.17) is 16.3 Å². The lowest BCUT2D eigenvalue weighted by atomic mass is 10.1. The SMILES string of the molecule is COC(=O)Cc1cc(OC)c(Cl)cc1F. The molecule has 0 radical (unpaired) electrons. The molecular formula is C10H10ClFO3. The Morgan fingerprint density at radius 2 is 2.13 bits per heavy atom. The van der Waals surface area contributed by atoms with Crippen LogP contribution in [-0.2, 0) is 16.0 Å². The highest BCUT2D eigenvalue weighted by Crippen LogP contribution is 2.27. The Balaban J connectivity index is 3.02. The molecular weight excluding hydrogens is 223 g/mol. The molecule has 3 nitrogen and oxygen atoms in total. The second-order valence-corrected chi connectivity index (χ2v) is 3.24. The van der Waals surface area contributed by atoms with Crippen molar-refractivity contribution in [2.75, 3.05) is 14.2 Å². The van der Waals surface area contributed by atoms with Gasteiger partial charge in [0.1, 0.15) is 11.6 Å². The van der Waals surface area contributed by atoms with E-state index in [0.29, 0.717) is 5.75 Å². The quantitative estimate of drug-likeness (QED) is 0.750. The summed E-state index contributed by atoms with van der Waals surface area (Å²) in [4.78, 5) is 11.0. The topological polar surface area (TPSA) is 35.5 Å². The average Bonchev–Trinajstić information content (AvgIpc) is 2.21. The van der Waals surface area contributed by atoms with Crippen molar-refractivity contribution < 1.29 is 18.7 Å². The molecule has 0 saturated heterocycles. The van der Waals surface area contributed by atoms with Gasteiger partial charge in [-0.15, -0.1) is 0 Å². The van der Waals surface area contributed by atoms with Crippen molar-refractivity contribution in [1.82, 2.24) is 0 Å². The zero-order valence-electron chi connectivity index (χ0n) is 8.34. The summed E-state index contributed by atoms with van der Waals surface area (Å²) in [6, 6.07) is 2.49. The molecule has 0 bridgehead atoms. The molecule has 15 heavy (non-hydrogen) atoms. The van der Waals surface area contributed by atoms with Gasteiger partial charge in [-0.3, -0.25) is 4.79 Å². The zero-order chi connectivity index (χ0) is 11.4. The lowest BCUT2D eigenvalue weighted by Gasteiger charge is -2.07. The molecule has 1 aromatic carbocycles. The van der Waals surface area contributed by atoms with Gasteiger partial charge < -0.3 is 9.47 Å². The molecule has 0 aliphatic heterocycles. The van der Waals surface area contributed by atoms with Gasteiger partial charge in [0.15, 0.2) is 0 Å². The number of benzene rings is 1. The number of methoxy groups -OCH3 is 2. The van der Waals surface area contributed by atoms with Crippen molar-refractivity contribution in [2.24, 2.45) is 0 Å². The molecule has 0 aliphatic rings. The van der Waals surface area contributed by atoms with Crippen LogP contribution in [0, 0.1) is 5.82 Å². The molecule has 0 atom stereocenters. The van der Waals surface area contributed by atoms with Crippen LogP contribution in [-0.4, -0.2) is 20.2 Å². The number of carbonyl (C=O) groups excluding carboxylic acids is 1. The maximum absolute atomic E-state index is 13.3. The second-order valence-electron chi connectivity index (χ2n) is 2.83. The van der Waals surface area contributed by atoms with E-state index in [2.05, 4.69) is 4.74 Å². The molecule has 0 amide bonds. The fourth-order valence-electron chi connectivity index (χ4n) is 1.09. The lowest BCUT2D eigenvalue weighted by Crippen LogP contribution is -2.06. The third kappa shape index (κ3) is 2.83. The first-order chi connectivity index (χ1) is 7.08. The monoisotopic (exact) mass is 232 g/mol. The van der Waals surface area contributed by atoms with Crippen LogP contribution in [0.25, 0.3) is 0 Å². The van der Waals surface area contributed by atoms with Crippen molar-refractivity contribution in [3.63, 3.8) is 0 Å². The van der Waals surface area contributed by atoms with Gasteiger partial charge in [-0.1, -0.05) is 11.6 Å². The highest BCUT2D eigenvalue weighted by molar-refractivity contribution is 6.32. The van der Waals surface area contributed by atoms with Gasteiger partial charge in [-0.2, -0.15) is 0 Å². The molecule has 0 aliphatic carbocycles. The van der Waals surface area contributed by atoms with Crippen molar-refractivity contribution in [3.05, 3.63) is 28.5 Å². The minimum Gasteiger partial charge on any atom is -0.495 e. The number of esters is 1. The Morgan fingerprint density at radius 3 is 2.67 bits per heavy atom. The van der Waals surface area contributed by atoms with Crippen LogP contribution < -0.4 is 4.74 Å². The summed E-state index contributed by atoms with van der Waals surface area (Å²) in [7, 11) is 2.66. The molecule has 1 aromatic rings. The fourth-order valence-corrected chi connectivity index (χ4v) is 1.32. The van der Waals surface area contributed by atoms with E-state index in [1.807, 2.05) is 0 Å². The molecule has 0 unspecified atom stereocenters. The van der Waals surface area contributed by atoms with Crippen molar-refractivity contribution in [1.29, 1.82) is 0 Å². The van der Waals surface area contributed by atoms with Crippen LogP contribution >= 0.6 is 11.6 Å². The Hall–Kier alpha value is -1.29. The zero-order valence-corrected chi connectivity index (χ0v) is 9.10. The summed E-state index contributed by atoms with van der Waals surface area (Å²) in [6.45, 7) is 0. The van der Waals surface area contributed by atoms with E-state index >= 15 is 0 Å². The first kappa shape index (κ1) is 11.8. The van der Waals surface area contributed by atoms with Crippen molar-refractivity contribution in [2.45, 2.75) is 6.42 Å². The smallest absolute Gasteiger partial charge is 0.310 e. The van der Waals surface area contributed by atoms with E-state index in [1.54, 1.807) is 0 Å². The van der Waals surface area contributed by atoms with Crippen LogP contribution in [0.3, 0.4) is 0 Å². The number of rotatable bonds is 3. The minimum absolute atomic E-state index is 0.143. The molecule has 82 valence electrons. The summed E-state index contributed by atoms with van der Waals surface area (Å²) in [6.07, 6.45) is -0.143. The van der Waals surface area contributed by atoms with Crippen LogP contribution in [0.1, 0.15) is 5.56 Å². The van der Waals surface area contributed by atoms with E-state index in [9.17, 15) is 9.18 Å². The summed E-state index contributed by atoms with van der Waals surface area (Å²) < 4.78 is 22.7. The van der Waals surface area contributed by atoms with Gasteiger partial charge in [0.05, 0.1) is 25.7 Å². The first-order valence-electron chi connectivity index (χ1n) is 4.17. The first-order valence-corrected chi connectivity index (χ1v) is 4.55. The van der Waals surface area contributed by atoms with Crippen molar-refractivity contribution in [3.8, 4) is 5.75 Å². The van der Waals surface area contributed by atoms with Gasteiger partial charge >= 0.3 is 5.97 Å². The third-order valence-corrected chi connectivity index (χ3v) is 2.18. The summed E-state index contributed by atoms with van der Waals surface area (Å²) in [5, 5.41) is 0.170. The van der Waals surface area contributed by atoms with Crippen LogP contribution in [0.5, 0.6) is 5.75 Å². The third-order valence-electron chi connectivity index (χ3n) is 1.88. The lowest BCUT2D eigenvalue weighted by molar-refractivity contribution is -0.139. The molecule has 0 N–H and O–H groups in total. The summed E-state index contributed by atoms with van der Waals surface area (Å²) >= 11 is 5.69. The van der Waals surface area contributed by atoms with Gasteiger partial charge in [-0.25, -0.2) is 4.39 Å². The summed E-state index contributed by atoms with van der Waals surface area (Å²) in [5.41, 5.74) is 0.197. The van der Waals surface area contributed by atoms with Gasteiger partial charge in [0, 0.05) is 5.56 Å². The molecule has 0 aromatic heterocycles. The fraction of sp³-hybridized carbons (Fsp3) is 0.300.